The molecule has 0 aliphatic carbocycles. The van der Waals surface area contributed by atoms with Gasteiger partial charge < -0.3 is 4.74 Å². The summed E-state index contributed by atoms with van der Waals surface area (Å²) in [6.07, 6.45) is 0. The number of ether oxygens (including phenoxy) is 1. The highest BCUT2D eigenvalue weighted by atomic mass is 79.9. The number of rotatable bonds is 1. The molecule has 0 amide bonds. The lowest BCUT2D eigenvalue weighted by molar-refractivity contribution is 0.0599. The molecule has 3 heteroatoms. The van der Waals surface area contributed by atoms with Crippen molar-refractivity contribution in [1.82, 2.24) is 0 Å². The summed E-state index contributed by atoms with van der Waals surface area (Å²) < 4.78 is 5.87. The number of hydrogen-bond acceptors (Lipinski definition) is 2. The van der Waals surface area contributed by atoms with Crippen LogP contribution in [0.25, 0.3) is 0 Å². The lowest BCUT2D eigenvalue weighted by Gasteiger charge is -2.15. The summed E-state index contributed by atoms with van der Waals surface area (Å²) in [5.41, 5.74) is 4.85. The first kappa shape index (κ1) is 12.2. The Bertz CT molecular complexity index is 393. The zero-order chi connectivity index (χ0) is 11.7. The van der Waals surface area contributed by atoms with Crippen LogP contribution in [0, 0.1) is 27.7 Å². The minimum atomic E-state index is -0.260. The van der Waals surface area contributed by atoms with Gasteiger partial charge in [0, 0.05) is 4.47 Å². The Balaban J connectivity index is 3.60. The highest BCUT2D eigenvalue weighted by molar-refractivity contribution is 9.10. The number of methoxy groups -OCH3 is 1. The Kier molecular flexibility index (Phi) is 3.55. The number of carbonyl (C=O) groups is 1. The third-order valence-corrected chi connectivity index (χ3v) is 4.11. The number of hydrogen-bond donors (Lipinski definition) is 0. The second kappa shape index (κ2) is 4.35. The molecule has 0 saturated carbocycles. The maximum Gasteiger partial charge on any atom is 0.338 e. The number of halogens is 1. The Morgan fingerprint density at radius 3 is 1.73 bits per heavy atom. The van der Waals surface area contributed by atoms with Crippen molar-refractivity contribution in [2.24, 2.45) is 0 Å². The van der Waals surface area contributed by atoms with Crippen molar-refractivity contribution in [3.8, 4) is 0 Å². The summed E-state index contributed by atoms with van der Waals surface area (Å²) in [5.74, 6) is -0.260. The standard InChI is InChI=1S/C12H15BrO2/c1-6-8(3)11(13)9(4)7(2)10(6)12(14)15-5/h1-5H3. The molecule has 0 heterocycles. The van der Waals surface area contributed by atoms with Gasteiger partial charge >= 0.3 is 5.97 Å². The highest BCUT2D eigenvalue weighted by Crippen LogP contribution is 2.30. The van der Waals surface area contributed by atoms with Crippen LogP contribution in [-0.2, 0) is 4.74 Å². The zero-order valence-corrected chi connectivity index (χ0v) is 11.3. The molecular formula is C12H15BrO2. The van der Waals surface area contributed by atoms with E-state index in [1.165, 1.54) is 7.11 Å². The first-order valence-electron chi connectivity index (χ1n) is 4.76. The van der Waals surface area contributed by atoms with Crippen LogP contribution in [0.1, 0.15) is 32.6 Å². The molecule has 0 saturated heterocycles. The van der Waals surface area contributed by atoms with Crippen molar-refractivity contribution in [1.29, 1.82) is 0 Å². The largest absolute Gasteiger partial charge is 0.465 e. The van der Waals surface area contributed by atoms with Gasteiger partial charge in [0.25, 0.3) is 0 Å². The van der Waals surface area contributed by atoms with Crippen molar-refractivity contribution >= 4 is 21.9 Å². The van der Waals surface area contributed by atoms with Gasteiger partial charge in [0.05, 0.1) is 12.7 Å². The molecule has 0 radical (unpaired) electrons. The van der Waals surface area contributed by atoms with Crippen LogP contribution in [0.5, 0.6) is 0 Å². The summed E-state index contributed by atoms with van der Waals surface area (Å²) >= 11 is 3.53. The van der Waals surface area contributed by atoms with Crippen LogP contribution in [0.4, 0.5) is 0 Å². The summed E-state index contributed by atoms with van der Waals surface area (Å²) in [5, 5.41) is 0. The molecule has 0 aromatic heterocycles. The molecule has 0 unspecified atom stereocenters. The van der Waals surface area contributed by atoms with E-state index in [0.29, 0.717) is 5.56 Å². The van der Waals surface area contributed by atoms with Gasteiger partial charge in [-0.2, -0.15) is 0 Å². The topological polar surface area (TPSA) is 26.3 Å². The summed E-state index contributed by atoms with van der Waals surface area (Å²) in [4.78, 5) is 11.6. The number of esters is 1. The molecule has 0 aliphatic heterocycles. The molecule has 0 N–H and O–H groups in total. The van der Waals surface area contributed by atoms with E-state index in [-0.39, 0.29) is 5.97 Å². The van der Waals surface area contributed by atoms with E-state index in [2.05, 4.69) is 15.9 Å². The molecule has 0 atom stereocenters. The fourth-order valence-corrected chi connectivity index (χ4v) is 2.27. The fraction of sp³-hybridized carbons (Fsp3) is 0.417. The molecule has 82 valence electrons. The molecule has 15 heavy (non-hydrogen) atoms. The van der Waals surface area contributed by atoms with Crippen LogP contribution in [0.2, 0.25) is 0 Å². The van der Waals surface area contributed by atoms with E-state index in [1.54, 1.807) is 0 Å². The molecule has 0 bridgehead atoms. The third-order valence-electron chi connectivity index (χ3n) is 2.92. The summed E-state index contributed by atoms with van der Waals surface area (Å²) in [7, 11) is 1.41. The van der Waals surface area contributed by atoms with Gasteiger partial charge in [-0.25, -0.2) is 4.79 Å². The van der Waals surface area contributed by atoms with E-state index in [9.17, 15) is 4.79 Å². The van der Waals surface area contributed by atoms with Gasteiger partial charge in [0.15, 0.2) is 0 Å². The lowest BCUT2D eigenvalue weighted by atomic mass is 9.94. The molecule has 0 fully saturated rings. The van der Waals surface area contributed by atoms with Crippen LogP contribution < -0.4 is 0 Å². The summed E-state index contributed by atoms with van der Waals surface area (Å²) in [6.45, 7) is 7.88. The van der Waals surface area contributed by atoms with Gasteiger partial charge in [-0.3, -0.25) is 0 Å². The van der Waals surface area contributed by atoms with E-state index in [1.807, 2.05) is 27.7 Å². The Hall–Kier alpha value is -0.830. The van der Waals surface area contributed by atoms with Gasteiger partial charge in [-0.1, -0.05) is 15.9 Å². The van der Waals surface area contributed by atoms with Gasteiger partial charge in [-0.05, 0) is 49.9 Å². The second-order valence-corrected chi connectivity index (χ2v) is 4.47. The van der Waals surface area contributed by atoms with E-state index < -0.39 is 0 Å². The van der Waals surface area contributed by atoms with Gasteiger partial charge in [-0.15, -0.1) is 0 Å². The minimum absolute atomic E-state index is 0.260. The normalized spacial score (nSPS) is 10.3. The average molecular weight is 271 g/mol. The molecule has 0 aliphatic rings. The second-order valence-electron chi connectivity index (χ2n) is 3.68. The minimum Gasteiger partial charge on any atom is -0.465 e. The quantitative estimate of drug-likeness (QED) is 0.731. The maximum absolute atomic E-state index is 11.6. The average Bonchev–Trinajstić information content (AvgIpc) is 2.23. The van der Waals surface area contributed by atoms with E-state index in [4.69, 9.17) is 4.74 Å². The van der Waals surface area contributed by atoms with Crippen LogP contribution >= 0.6 is 15.9 Å². The van der Waals surface area contributed by atoms with Crippen molar-refractivity contribution in [3.05, 3.63) is 32.3 Å². The smallest absolute Gasteiger partial charge is 0.338 e. The highest BCUT2D eigenvalue weighted by Gasteiger charge is 2.18. The molecule has 1 aromatic rings. The number of benzene rings is 1. The first-order valence-corrected chi connectivity index (χ1v) is 5.55. The predicted octanol–water partition coefficient (Wildman–Crippen LogP) is 3.47. The van der Waals surface area contributed by atoms with E-state index in [0.717, 1.165) is 26.7 Å². The lowest BCUT2D eigenvalue weighted by Crippen LogP contribution is -2.09. The monoisotopic (exact) mass is 270 g/mol. The Morgan fingerprint density at radius 1 is 1.00 bits per heavy atom. The van der Waals surface area contributed by atoms with Crippen LogP contribution in [0.3, 0.4) is 0 Å². The van der Waals surface area contributed by atoms with Crippen LogP contribution in [-0.4, -0.2) is 13.1 Å². The number of carbonyl (C=O) groups excluding carboxylic acids is 1. The zero-order valence-electron chi connectivity index (χ0n) is 9.69. The van der Waals surface area contributed by atoms with Crippen LogP contribution in [0.15, 0.2) is 4.47 Å². The molecule has 0 spiro atoms. The third kappa shape index (κ3) is 1.93. The molecule has 2 nitrogen and oxygen atoms in total. The molecule has 1 rings (SSSR count). The van der Waals surface area contributed by atoms with Crippen molar-refractivity contribution in [2.45, 2.75) is 27.7 Å². The van der Waals surface area contributed by atoms with Crippen molar-refractivity contribution < 1.29 is 9.53 Å². The van der Waals surface area contributed by atoms with Gasteiger partial charge in [0.1, 0.15) is 0 Å². The molecular weight excluding hydrogens is 256 g/mol. The molecule has 1 aromatic carbocycles. The first-order chi connectivity index (χ1) is 6.91. The fourth-order valence-electron chi connectivity index (χ4n) is 1.67. The van der Waals surface area contributed by atoms with E-state index >= 15 is 0 Å². The van der Waals surface area contributed by atoms with Gasteiger partial charge in [0.2, 0.25) is 0 Å². The Morgan fingerprint density at radius 2 is 1.40 bits per heavy atom. The summed E-state index contributed by atoms with van der Waals surface area (Å²) in [6, 6.07) is 0. The SMILES string of the molecule is COC(=O)c1c(C)c(C)c(Br)c(C)c1C. The van der Waals surface area contributed by atoms with Crippen molar-refractivity contribution in [3.63, 3.8) is 0 Å². The van der Waals surface area contributed by atoms with Crippen molar-refractivity contribution in [2.75, 3.05) is 7.11 Å². The maximum atomic E-state index is 11.6. The Labute approximate surface area is 98.8 Å². The predicted molar refractivity (Wildman–Crippen MR) is 64.4 cm³/mol.